The lowest BCUT2D eigenvalue weighted by molar-refractivity contribution is -0.140. The average Bonchev–Trinajstić information content (AvgIpc) is 2.56. The Kier molecular flexibility index (Phi) is 6.42. The first kappa shape index (κ1) is 17.8. The van der Waals surface area contributed by atoms with E-state index in [1.807, 2.05) is 19.1 Å². The molecule has 0 bridgehead atoms. The van der Waals surface area contributed by atoms with Crippen LogP contribution in [0.15, 0.2) is 18.2 Å². The third-order valence-electron chi connectivity index (χ3n) is 4.55. The first-order chi connectivity index (χ1) is 11.0. The summed E-state index contributed by atoms with van der Waals surface area (Å²) >= 11 is 6.05. The number of hydrogen-bond acceptors (Lipinski definition) is 3. The van der Waals surface area contributed by atoms with Crippen LogP contribution in [0.1, 0.15) is 36.8 Å². The van der Waals surface area contributed by atoms with Crippen molar-refractivity contribution in [2.75, 3.05) is 6.54 Å². The molecule has 0 aromatic heterocycles. The fraction of sp³-hybridized carbons (Fsp3) is 0.529. The number of halogens is 1. The van der Waals surface area contributed by atoms with Gasteiger partial charge < -0.3 is 16.4 Å². The van der Waals surface area contributed by atoms with Gasteiger partial charge in [0.05, 0.1) is 0 Å². The molecule has 2 rings (SSSR count). The van der Waals surface area contributed by atoms with Crippen LogP contribution in [-0.4, -0.2) is 24.4 Å². The molecule has 1 aliphatic rings. The van der Waals surface area contributed by atoms with Gasteiger partial charge in [-0.25, -0.2) is 0 Å². The summed E-state index contributed by atoms with van der Waals surface area (Å²) in [5.74, 6) is -0.948. The lowest BCUT2D eigenvalue weighted by Crippen LogP contribution is -2.49. The van der Waals surface area contributed by atoms with Crippen LogP contribution < -0.4 is 16.4 Å². The second kappa shape index (κ2) is 8.31. The van der Waals surface area contributed by atoms with Gasteiger partial charge in [0.15, 0.2) is 0 Å². The summed E-state index contributed by atoms with van der Waals surface area (Å²) in [6, 6.07) is 5.50. The van der Waals surface area contributed by atoms with Gasteiger partial charge in [0.25, 0.3) is 0 Å². The van der Waals surface area contributed by atoms with Gasteiger partial charge in [-0.3, -0.25) is 9.59 Å². The Hall–Kier alpha value is -1.59. The molecule has 6 heteroatoms. The largest absolute Gasteiger partial charge is 0.345 e. The minimum atomic E-state index is -0.620. The zero-order valence-electron chi connectivity index (χ0n) is 13.4. The molecule has 0 aliphatic heterocycles. The Morgan fingerprint density at radius 2 is 2.00 bits per heavy atom. The van der Waals surface area contributed by atoms with E-state index in [2.05, 4.69) is 10.6 Å². The molecule has 1 saturated carbocycles. The highest BCUT2D eigenvalue weighted by Gasteiger charge is 2.27. The van der Waals surface area contributed by atoms with Crippen molar-refractivity contribution in [2.45, 2.75) is 45.2 Å². The van der Waals surface area contributed by atoms with Crippen LogP contribution in [-0.2, 0) is 16.1 Å². The van der Waals surface area contributed by atoms with E-state index in [0.29, 0.717) is 11.6 Å². The summed E-state index contributed by atoms with van der Waals surface area (Å²) in [6.07, 6.45) is 4.08. The minimum absolute atomic E-state index is 0.0000872. The number of carbonyl (C=O) groups excluding carboxylic acids is 2. The van der Waals surface area contributed by atoms with Crippen LogP contribution in [0.25, 0.3) is 0 Å². The highest BCUT2D eigenvalue weighted by atomic mass is 35.5. The van der Waals surface area contributed by atoms with Crippen molar-refractivity contribution in [3.63, 3.8) is 0 Å². The van der Waals surface area contributed by atoms with Gasteiger partial charge in [-0.15, -0.1) is 0 Å². The van der Waals surface area contributed by atoms with Crippen molar-refractivity contribution in [3.8, 4) is 0 Å². The fourth-order valence-electron chi connectivity index (χ4n) is 3.01. The van der Waals surface area contributed by atoms with Crippen LogP contribution in [0.2, 0.25) is 5.02 Å². The SMILES string of the molecule is Cc1c(Cl)cccc1CNC(=O)C(=O)NC1CCCCC1CN. The first-order valence-corrected chi connectivity index (χ1v) is 8.43. The quantitative estimate of drug-likeness (QED) is 0.734. The topological polar surface area (TPSA) is 84.2 Å². The monoisotopic (exact) mass is 337 g/mol. The average molecular weight is 338 g/mol. The third kappa shape index (κ3) is 4.69. The predicted molar refractivity (Wildman–Crippen MR) is 91.0 cm³/mol. The number of rotatable bonds is 4. The number of benzene rings is 1. The summed E-state index contributed by atoms with van der Waals surface area (Å²) in [5, 5.41) is 6.12. The van der Waals surface area contributed by atoms with Gasteiger partial charge in [0.1, 0.15) is 0 Å². The molecule has 0 radical (unpaired) electrons. The van der Waals surface area contributed by atoms with Crippen molar-refractivity contribution >= 4 is 23.4 Å². The van der Waals surface area contributed by atoms with Crippen LogP contribution in [0, 0.1) is 12.8 Å². The Morgan fingerprint density at radius 3 is 2.74 bits per heavy atom. The van der Waals surface area contributed by atoms with E-state index in [0.717, 1.165) is 36.8 Å². The van der Waals surface area contributed by atoms with Crippen molar-refractivity contribution in [1.82, 2.24) is 10.6 Å². The molecule has 1 aliphatic carbocycles. The third-order valence-corrected chi connectivity index (χ3v) is 4.96. The highest BCUT2D eigenvalue weighted by molar-refractivity contribution is 6.35. The summed E-state index contributed by atoms with van der Waals surface area (Å²) in [4.78, 5) is 24.0. The molecule has 1 aromatic rings. The van der Waals surface area contributed by atoms with Gasteiger partial charge in [-0.2, -0.15) is 0 Å². The van der Waals surface area contributed by atoms with E-state index in [-0.39, 0.29) is 18.5 Å². The zero-order valence-corrected chi connectivity index (χ0v) is 14.2. The van der Waals surface area contributed by atoms with Gasteiger partial charge in [0, 0.05) is 17.6 Å². The van der Waals surface area contributed by atoms with E-state index in [1.54, 1.807) is 6.07 Å². The lowest BCUT2D eigenvalue weighted by Gasteiger charge is -2.31. The van der Waals surface area contributed by atoms with Gasteiger partial charge in [-0.1, -0.05) is 36.6 Å². The second-order valence-electron chi connectivity index (χ2n) is 6.07. The highest BCUT2D eigenvalue weighted by Crippen LogP contribution is 2.23. The smallest absolute Gasteiger partial charge is 0.309 e. The van der Waals surface area contributed by atoms with Crippen LogP contribution in [0.5, 0.6) is 0 Å². The van der Waals surface area contributed by atoms with Crippen LogP contribution >= 0.6 is 11.6 Å². The fourth-order valence-corrected chi connectivity index (χ4v) is 3.21. The number of amides is 2. The van der Waals surface area contributed by atoms with E-state index < -0.39 is 11.8 Å². The lowest BCUT2D eigenvalue weighted by atomic mass is 9.84. The maximum atomic E-state index is 12.1. The molecule has 126 valence electrons. The number of nitrogens with two attached hydrogens (primary N) is 1. The van der Waals surface area contributed by atoms with Crippen LogP contribution in [0.3, 0.4) is 0 Å². The Morgan fingerprint density at radius 1 is 1.26 bits per heavy atom. The second-order valence-corrected chi connectivity index (χ2v) is 6.47. The molecule has 0 spiro atoms. The molecule has 23 heavy (non-hydrogen) atoms. The molecule has 1 fully saturated rings. The van der Waals surface area contributed by atoms with Gasteiger partial charge >= 0.3 is 11.8 Å². The Labute approximate surface area is 142 Å². The zero-order chi connectivity index (χ0) is 16.8. The molecule has 0 heterocycles. The van der Waals surface area contributed by atoms with E-state index in [4.69, 9.17) is 17.3 Å². The summed E-state index contributed by atoms with van der Waals surface area (Å²) in [5.41, 5.74) is 7.55. The summed E-state index contributed by atoms with van der Waals surface area (Å²) in [7, 11) is 0. The molecular formula is C17H24ClN3O2. The van der Waals surface area contributed by atoms with E-state index in [9.17, 15) is 9.59 Å². The molecule has 2 unspecified atom stereocenters. The molecule has 2 atom stereocenters. The van der Waals surface area contributed by atoms with Crippen molar-refractivity contribution in [2.24, 2.45) is 11.7 Å². The first-order valence-electron chi connectivity index (χ1n) is 8.05. The normalized spacial score (nSPS) is 20.8. The predicted octanol–water partition coefficient (Wildman–Crippen LogP) is 1.90. The number of nitrogens with one attached hydrogen (secondary N) is 2. The molecule has 5 nitrogen and oxygen atoms in total. The summed E-state index contributed by atoms with van der Waals surface area (Å²) in [6.45, 7) is 2.70. The Balaban J connectivity index is 1.87. The van der Waals surface area contributed by atoms with Crippen molar-refractivity contribution in [1.29, 1.82) is 0 Å². The molecular weight excluding hydrogens is 314 g/mol. The molecule has 1 aromatic carbocycles. The van der Waals surface area contributed by atoms with Crippen LogP contribution in [0.4, 0.5) is 0 Å². The Bertz CT molecular complexity index is 577. The minimum Gasteiger partial charge on any atom is -0.345 e. The van der Waals surface area contributed by atoms with Gasteiger partial charge in [-0.05, 0) is 49.4 Å². The molecule has 4 N–H and O–H groups in total. The van der Waals surface area contributed by atoms with Gasteiger partial charge in [0.2, 0.25) is 0 Å². The molecule has 0 saturated heterocycles. The summed E-state index contributed by atoms with van der Waals surface area (Å²) < 4.78 is 0. The van der Waals surface area contributed by atoms with Crippen molar-refractivity contribution < 1.29 is 9.59 Å². The van der Waals surface area contributed by atoms with E-state index in [1.165, 1.54) is 0 Å². The standard InChI is InChI=1S/C17H24ClN3O2/c1-11-13(6-4-7-14(11)18)10-20-16(22)17(23)21-15-8-3-2-5-12(15)9-19/h4,6-7,12,15H,2-3,5,8-10,19H2,1H3,(H,20,22)(H,21,23). The molecule has 2 amide bonds. The maximum absolute atomic E-state index is 12.1. The number of hydrogen-bond donors (Lipinski definition) is 3. The maximum Gasteiger partial charge on any atom is 0.309 e. The number of carbonyl (C=O) groups is 2. The van der Waals surface area contributed by atoms with E-state index >= 15 is 0 Å². The van der Waals surface area contributed by atoms with Crippen molar-refractivity contribution in [3.05, 3.63) is 34.3 Å².